The van der Waals surface area contributed by atoms with Crippen molar-refractivity contribution in [3.05, 3.63) is 89.9 Å². The molecule has 36 heavy (non-hydrogen) atoms. The number of aromatic nitrogens is 1. The molecule has 0 unspecified atom stereocenters. The zero-order chi connectivity index (χ0) is 26.5. The zero-order valence-electron chi connectivity index (χ0n) is 21.9. The molecule has 4 aromatic rings. The van der Waals surface area contributed by atoms with E-state index in [1.54, 1.807) is 36.6 Å². The van der Waals surface area contributed by atoms with E-state index in [1.165, 1.54) is 11.0 Å². The minimum absolute atomic E-state index is 0.112. The van der Waals surface area contributed by atoms with E-state index in [0.29, 0.717) is 41.4 Å². The number of carbonyl (C=O) groups excluding carboxylic acids is 1. The molecule has 2 aromatic heterocycles. The molecule has 1 saturated carbocycles. The van der Waals surface area contributed by atoms with Gasteiger partial charge in [-0.2, -0.15) is 0 Å². The summed E-state index contributed by atoms with van der Waals surface area (Å²) in [7, 11) is 0. The third-order valence-electron chi connectivity index (χ3n) is 6.07. The van der Waals surface area contributed by atoms with Crippen LogP contribution >= 0.6 is 0 Å². The summed E-state index contributed by atoms with van der Waals surface area (Å²) in [6.45, 7) is -1.64. The SMILES string of the molecule is [2H]C([2H])(c1ccccc1OCCCCCc1cc(O)no1)N(C(=O)c1ccc(-c2ccco2)cc1)C1CC1. The van der Waals surface area contributed by atoms with Gasteiger partial charge in [0.1, 0.15) is 17.3 Å². The van der Waals surface area contributed by atoms with Gasteiger partial charge in [0.25, 0.3) is 11.8 Å². The third kappa shape index (κ3) is 5.97. The standard InChI is InChI=1S/C29H30N2O5/c32-28-19-25(36-30-28)8-2-1-5-17-34-27-9-4-3-7-23(27)20-31(24-15-16-24)29(33)22-13-11-21(12-14-22)26-10-6-18-35-26/h3-4,6-7,9-14,18-19,24H,1-2,5,8,15-17,20H2,(H,30,32)/i20D2. The molecule has 0 radical (unpaired) electrons. The lowest BCUT2D eigenvalue weighted by atomic mass is 10.1. The van der Waals surface area contributed by atoms with E-state index < -0.39 is 6.50 Å². The molecule has 1 aliphatic carbocycles. The van der Waals surface area contributed by atoms with Crippen molar-refractivity contribution >= 4 is 5.91 Å². The monoisotopic (exact) mass is 488 g/mol. The molecule has 0 spiro atoms. The maximum Gasteiger partial charge on any atom is 0.254 e. The number of amides is 1. The summed E-state index contributed by atoms with van der Waals surface area (Å²) in [6, 6.07) is 19.1. The van der Waals surface area contributed by atoms with Crippen molar-refractivity contribution in [1.82, 2.24) is 10.1 Å². The molecular formula is C29H30N2O5. The molecule has 2 heterocycles. The first kappa shape index (κ1) is 21.3. The molecule has 0 atom stereocenters. The highest BCUT2D eigenvalue weighted by molar-refractivity contribution is 5.95. The van der Waals surface area contributed by atoms with Crippen molar-refractivity contribution in [3.8, 4) is 23.0 Å². The minimum atomic E-state index is -2.05. The van der Waals surface area contributed by atoms with Gasteiger partial charge in [-0.15, -0.1) is 0 Å². The molecule has 7 heteroatoms. The molecule has 186 valence electrons. The van der Waals surface area contributed by atoms with Crippen LogP contribution in [0.15, 0.2) is 81.9 Å². The normalized spacial score (nSPS) is 14.2. The van der Waals surface area contributed by atoms with Gasteiger partial charge in [-0.3, -0.25) is 4.79 Å². The predicted octanol–water partition coefficient (Wildman–Crippen LogP) is 6.24. The Labute approximate surface area is 213 Å². The number of hydrogen-bond acceptors (Lipinski definition) is 6. The van der Waals surface area contributed by atoms with E-state index in [9.17, 15) is 9.90 Å². The van der Waals surface area contributed by atoms with E-state index in [-0.39, 0.29) is 17.8 Å². The van der Waals surface area contributed by atoms with Crippen molar-refractivity contribution < 1.29 is 26.3 Å². The van der Waals surface area contributed by atoms with Gasteiger partial charge in [0.15, 0.2) is 0 Å². The van der Waals surface area contributed by atoms with Gasteiger partial charge >= 0.3 is 0 Å². The van der Waals surface area contributed by atoms with Crippen LogP contribution in [-0.4, -0.2) is 33.7 Å². The van der Waals surface area contributed by atoms with Crippen molar-refractivity contribution in [1.29, 1.82) is 0 Å². The van der Waals surface area contributed by atoms with Gasteiger partial charge in [0.2, 0.25) is 0 Å². The minimum Gasteiger partial charge on any atom is -0.493 e. The second-order valence-electron chi connectivity index (χ2n) is 8.88. The Morgan fingerprint density at radius 3 is 2.64 bits per heavy atom. The van der Waals surface area contributed by atoms with Gasteiger partial charge in [-0.25, -0.2) is 0 Å². The van der Waals surface area contributed by atoms with Crippen LogP contribution in [0.2, 0.25) is 0 Å². The van der Waals surface area contributed by atoms with Crippen LogP contribution < -0.4 is 4.74 Å². The fraction of sp³-hybridized carbons (Fsp3) is 0.310. The highest BCUT2D eigenvalue weighted by Crippen LogP contribution is 2.32. The number of aryl methyl sites for hydroxylation is 1. The second-order valence-corrected chi connectivity index (χ2v) is 8.88. The molecule has 1 aliphatic rings. The first-order valence-electron chi connectivity index (χ1n) is 13.3. The summed E-state index contributed by atoms with van der Waals surface area (Å²) < 4.78 is 34.6. The largest absolute Gasteiger partial charge is 0.493 e. The number of carbonyl (C=O) groups is 1. The Bertz CT molecular complexity index is 1350. The highest BCUT2D eigenvalue weighted by atomic mass is 16.5. The third-order valence-corrected chi connectivity index (χ3v) is 6.07. The fourth-order valence-electron chi connectivity index (χ4n) is 3.99. The van der Waals surface area contributed by atoms with E-state index in [2.05, 4.69) is 5.16 Å². The Morgan fingerprint density at radius 1 is 1.08 bits per heavy atom. The number of para-hydroxylation sites is 1. The number of furan rings is 1. The molecule has 7 nitrogen and oxygen atoms in total. The highest BCUT2D eigenvalue weighted by Gasteiger charge is 2.33. The number of benzene rings is 2. The van der Waals surface area contributed by atoms with Gasteiger partial charge in [-0.05, 0) is 67.6 Å². The van der Waals surface area contributed by atoms with Crippen LogP contribution in [-0.2, 0) is 12.9 Å². The van der Waals surface area contributed by atoms with Crippen molar-refractivity contribution in [2.24, 2.45) is 0 Å². The van der Waals surface area contributed by atoms with Gasteiger partial charge in [0, 0.05) is 41.7 Å². The molecular weight excluding hydrogens is 456 g/mol. The summed E-state index contributed by atoms with van der Waals surface area (Å²) in [5.74, 6) is 1.32. The summed E-state index contributed by atoms with van der Waals surface area (Å²) in [4.78, 5) is 15.0. The number of aromatic hydroxyl groups is 1. The maximum absolute atomic E-state index is 13.6. The molecule has 0 aliphatic heterocycles. The lowest BCUT2D eigenvalue weighted by Gasteiger charge is -2.24. The van der Waals surface area contributed by atoms with Crippen LogP contribution in [0, 0.1) is 0 Å². The first-order chi connectivity index (χ1) is 18.4. The van der Waals surface area contributed by atoms with E-state index in [0.717, 1.165) is 37.7 Å². The van der Waals surface area contributed by atoms with Crippen LogP contribution in [0.5, 0.6) is 11.6 Å². The van der Waals surface area contributed by atoms with Crippen molar-refractivity contribution in [2.45, 2.75) is 51.1 Å². The summed E-state index contributed by atoms with van der Waals surface area (Å²) >= 11 is 0. The summed E-state index contributed by atoms with van der Waals surface area (Å²) in [5.41, 5.74) is 1.62. The zero-order valence-corrected chi connectivity index (χ0v) is 19.9. The van der Waals surface area contributed by atoms with Crippen LogP contribution in [0.25, 0.3) is 11.3 Å². The Kier molecular flexibility index (Phi) is 6.60. The number of unbranched alkanes of at least 4 members (excludes halogenated alkanes) is 2. The lowest BCUT2D eigenvalue weighted by molar-refractivity contribution is 0.0728. The van der Waals surface area contributed by atoms with Gasteiger partial charge in [0.05, 0.1) is 15.6 Å². The summed E-state index contributed by atoms with van der Waals surface area (Å²) in [5, 5.41) is 12.7. The molecule has 1 amide bonds. The quantitative estimate of drug-likeness (QED) is 0.238. The van der Waals surface area contributed by atoms with Crippen LogP contribution in [0.3, 0.4) is 0 Å². The smallest absolute Gasteiger partial charge is 0.254 e. The van der Waals surface area contributed by atoms with Gasteiger partial charge in [-0.1, -0.05) is 30.3 Å². The Balaban J connectivity index is 1.25. The predicted molar refractivity (Wildman–Crippen MR) is 135 cm³/mol. The van der Waals surface area contributed by atoms with E-state index in [4.69, 9.17) is 16.4 Å². The van der Waals surface area contributed by atoms with Crippen LogP contribution in [0.4, 0.5) is 0 Å². The topological polar surface area (TPSA) is 88.9 Å². The second kappa shape index (κ2) is 11.2. The number of hydrogen-bond donors (Lipinski definition) is 1. The van der Waals surface area contributed by atoms with E-state index in [1.807, 2.05) is 30.3 Å². The molecule has 0 saturated heterocycles. The fourth-order valence-corrected chi connectivity index (χ4v) is 3.99. The lowest BCUT2D eigenvalue weighted by Crippen LogP contribution is -2.32. The Hall–Kier alpha value is -4.00. The van der Waals surface area contributed by atoms with Gasteiger partial charge < -0.3 is 23.7 Å². The number of nitrogens with zero attached hydrogens (tertiary/aromatic N) is 2. The maximum atomic E-state index is 13.6. The number of ether oxygens (including phenoxy) is 1. The Morgan fingerprint density at radius 2 is 1.92 bits per heavy atom. The average molecular weight is 489 g/mol. The molecule has 1 N–H and O–H groups in total. The van der Waals surface area contributed by atoms with Crippen molar-refractivity contribution in [2.75, 3.05) is 6.61 Å². The molecule has 0 bridgehead atoms. The average Bonchev–Trinajstić information content (AvgIpc) is 3.40. The van der Waals surface area contributed by atoms with Crippen molar-refractivity contribution in [3.63, 3.8) is 0 Å². The van der Waals surface area contributed by atoms with E-state index >= 15 is 0 Å². The summed E-state index contributed by atoms with van der Waals surface area (Å²) in [6.07, 6.45) is 6.30. The first-order valence-corrected chi connectivity index (χ1v) is 12.3. The number of rotatable bonds is 12. The van der Waals surface area contributed by atoms with Crippen LogP contribution in [0.1, 0.15) is 56.5 Å². The molecule has 1 fully saturated rings. The molecule has 5 rings (SSSR count). The molecule has 2 aromatic carbocycles.